The summed E-state index contributed by atoms with van der Waals surface area (Å²) in [6, 6.07) is 11.2. The van der Waals surface area contributed by atoms with Gasteiger partial charge in [-0.05, 0) is 26.0 Å². The number of furan rings is 1. The van der Waals surface area contributed by atoms with Gasteiger partial charge in [-0.2, -0.15) is 0 Å². The summed E-state index contributed by atoms with van der Waals surface area (Å²) in [6.45, 7) is 3.93. The fourth-order valence-electron chi connectivity index (χ4n) is 3.04. The predicted octanol–water partition coefficient (Wildman–Crippen LogP) is 4.20. The molecule has 11 heteroatoms. The van der Waals surface area contributed by atoms with E-state index in [-0.39, 0.29) is 23.8 Å². The lowest BCUT2D eigenvalue weighted by Gasteiger charge is -2.08. The number of anilines is 1. The number of rotatable bonds is 8. The van der Waals surface area contributed by atoms with Crippen LogP contribution < -0.4 is 11.2 Å². The van der Waals surface area contributed by atoms with Crippen LogP contribution in [0.25, 0.3) is 22.7 Å². The summed E-state index contributed by atoms with van der Waals surface area (Å²) in [6.07, 6.45) is 1.52. The maximum atomic E-state index is 12.6. The summed E-state index contributed by atoms with van der Waals surface area (Å²) in [5.74, 6) is 6.33. The van der Waals surface area contributed by atoms with Crippen molar-refractivity contribution in [2.75, 3.05) is 23.5 Å². The number of nitrogens with two attached hydrogens (primary N) is 1. The average Bonchev–Trinajstić information content (AvgIpc) is 3.53. The molecule has 0 aliphatic rings. The van der Waals surface area contributed by atoms with E-state index in [9.17, 15) is 9.59 Å². The first-order valence-corrected chi connectivity index (χ1v) is 11.9. The number of esters is 1. The number of nitrogens with zero attached hydrogens (tertiary/aromatic N) is 3. The van der Waals surface area contributed by atoms with Crippen LogP contribution in [0, 0.1) is 6.92 Å². The Morgan fingerprint density at radius 2 is 2.03 bits per heavy atom. The molecule has 0 unspecified atom stereocenters. The lowest BCUT2D eigenvalue weighted by molar-refractivity contribution is -0.113. The largest absolute Gasteiger partial charge is 0.464 e. The Labute approximate surface area is 197 Å². The standard InChI is InChI=1S/C22H21N5O4S2/c1-3-30-21(29)18-15(16-5-4-10-31-16)11-32-20(18)24-17(28)12-33-22-26-25-19(27(22)23)14-8-6-13(2)7-9-14/h4-11H,3,12,23H2,1-2H3,(H,24,28). The van der Waals surface area contributed by atoms with E-state index < -0.39 is 5.97 Å². The zero-order chi connectivity index (χ0) is 23.4. The Morgan fingerprint density at radius 3 is 2.73 bits per heavy atom. The number of benzene rings is 1. The molecule has 0 fully saturated rings. The van der Waals surface area contributed by atoms with E-state index in [2.05, 4.69) is 15.5 Å². The van der Waals surface area contributed by atoms with Crippen LogP contribution in [0.1, 0.15) is 22.8 Å². The van der Waals surface area contributed by atoms with Crippen LogP contribution in [0.3, 0.4) is 0 Å². The first-order valence-electron chi connectivity index (χ1n) is 10.0. The second-order valence-electron chi connectivity index (χ2n) is 6.93. The second kappa shape index (κ2) is 9.92. The first kappa shape index (κ1) is 22.6. The molecule has 0 saturated carbocycles. The highest BCUT2D eigenvalue weighted by Crippen LogP contribution is 2.36. The highest BCUT2D eigenvalue weighted by molar-refractivity contribution is 7.99. The molecule has 0 radical (unpaired) electrons. The number of carbonyl (C=O) groups excluding carboxylic acids is 2. The second-order valence-corrected chi connectivity index (χ2v) is 8.75. The molecular formula is C22H21N5O4S2. The smallest absolute Gasteiger partial charge is 0.341 e. The third-order valence-electron chi connectivity index (χ3n) is 4.62. The van der Waals surface area contributed by atoms with E-state index in [1.54, 1.807) is 24.4 Å². The van der Waals surface area contributed by atoms with Gasteiger partial charge in [0.1, 0.15) is 16.3 Å². The highest BCUT2D eigenvalue weighted by atomic mass is 32.2. The van der Waals surface area contributed by atoms with Gasteiger partial charge in [-0.3, -0.25) is 4.79 Å². The van der Waals surface area contributed by atoms with Crippen molar-refractivity contribution >= 4 is 40.0 Å². The van der Waals surface area contributed by atoms with E-state index in [1.807, 2.05) is 31.2 Å². The van der Waals surface area contributed by atoms with Crippen LogP contribution in [-0.2, 0) is 9.53 Å². The number of thioether (sulfide) groups is 1. The Bertz CT molecular complexity index is 1260. The van der Waals surface area contributed by atoms with E-state index in [1.165, 1.54) is 22.3 Å². The van der Waals surface area contributed by atoms with Gasteiger partial charge in [0.15, 0.2) is 5.82 Å². The Balaban J connectivity index is 1.47. The highest BCUT2D eigenvalue weighted by Gasteiger charge is 2.24. The normalized spacial score (nSPS) is 10.8. The van der Waals surface area contributed by atoms with E-state index in [0.717, 1.165) is 22.9 Å². The van der Waals surface area contributed by atoms with Gasteiger partial charge in [0.2, 0.25) is 11.1 Å². The molecule has 170 valence electrons. The summed E-state index contributed by atoms with van der Waals surface area (Å²) in [5, 5.41) is 13.5. The molecule has 4 rings (SSSR count). The van der Waals surface area contributed by atoms with Crippen molar-refractivity contribution in [1.82, 2.24) is 14.9 Å². The van der Waals surface area contributed by atoms with Gasteiger partial charge in [-0.1, -0.05) is 41.6 Å². The molecule has 0 saturated heterocycles. The summed E-state index contributed by atoms with van der Waals surface area (Å²) in [4.78, 5) is 25.2. The number of carbonyl (C=O) groups is 2. The molecule has 3 aromatic heterocycles. The molecule has 3 heterocycles. The van der Waals surface area contributed by atoms with Gasteiger partial charge in [-0.15, -0.1) is 21.5 Å². The SMILES string of the molecule is CCOC(=O)c1c(-c2ccco2)csc1NC(=O)CSc1nnc(-c2ccc(C)cc2)n1N. The lowest BCUT2D eigenvalue weighted by Crippen LogP contribution is -2.17. The van der Waals surface area contributed by atoms with Crippen molar-refractivity contribution in [3.8, 4) is 22.7 Å². The summed E-state index contributed by atoms with van der Waals surface area (Å²) in [7, 11) is 0. The number of aromatic nitrogens is 3. The molecule has 0 aliphatic heterocycles. The topological polar surface area (TPSA) is 125 Å². The van der Waals surface area contributed by atoms with Crippen molar-refractivity contribution in [2.45, 2.75) is 19.0 Å². The van der Waals surface area contributed by atoms with Gasteiger partial charge >= 0.3 is 5.97 Å². The maximum Gasteiger partial charge on any atom is 0.341 e. The minimum atomic E-state index is -0.530. The van der Waals surface area contributed by atoms with E-state index in [0.29, 0.717) is 27.3 Å². The quantitative estimate of drug-likeness (QED) is 0.217. The fourth-order valence-corrected chi connectivity index (χ4v) is 4.65. The van der Waals surface area contributed by atoms with Crippen LogP contribution in [0.2, 0.25) is 0 Å². The van der Waals surface area contributed by atoms with Crippen LogP contribution >= 0.6 is 23.1 Å². The van der Waals surface area contributed by atoms with Crippen molar-refractivity contribution in [3.63, 3.8) is 0 Å². The minimum absolute atomic E-state index is 0.0273. The third kappa shape index (κ3) is 4.94. The number of nitrogens with one attached hydrogen (secondary N) is 1. The molecule has 33 heavy (non-hydrogen) atoms. The fraction of sp³-hybridized carbons (Fsp3) is 0.182. The van der Waals surface area contributed by atoms with Crippen molar-refractivity contribution in [1.29, 1.82) is 0 Å². The Morgan fingerprint density at radius 1 is 1.24 bits per heavy atom. The molecule has 0 bridgehead atoms. The molecular weight excluding hydrogens is 462 g/mol. The maximum absolute atomic E-state index is 12.6. The molecule has 9 nitrogen and oxygen atoms in total. The van der Waals surface area contributed by atoms with E-state index >= 15 is 0 Å². The zero-order valence-electron chi connectivity index (χ0n) is 17.9. The summed E-state index contributed by atoms with van der Waals surface area (Å²) < 4.78 is 12.0. The monoisotopic (exact) mass is 483 g/mol. The minimum Gasteiger partial charge on any atom is -0.464 e. The van der Waals surface area contributed by atoms with Crippen molar-refractivity contribution in [3.05, 3.63) is 59.2 Å². The van der Waals surface area contributed by atoms with E-state index in [4.69, 9.17) is 15.0 Å². The number of nitrogen functional groups attached to an aromatic ring is 1. The molecule has 3 N–H and O–H groups in total. The van der Waals surface area contributed by atoms with Gasteiger partial charge in [0.05, 0.1) is 18.6 Å². The van der Waals surface area contributed by atoms with Crippen molar-refractivity contribution in [2.24, 2.45) is 0 Å². The number of amides is 1. The zero-order valence-corrected chi connectivity index (χ0v) is 19.5. The lowest BCUT2D eigenvalue weighted by atomic mass is 10.1. The van der Waals surface area contributed by atoms with Gasteiger partial charge in [-0.25, -0.2) is 9.47 Å². The van der Waals surface area contributed by atoms with Crippen LogP contribution in [-0.4, -0.2) is 39.1 Å². The summed E-state index contributed by atoms with van der Waals surface area (Å²) >= 11 is 2.37. The van der Waals surface area contributed by atoms with Gasteiger partial charge in [0, 0.05) is 16.5 Å². The molecule has 1 aromatic carbocycles. The van der Waals surface area contributed by atoms with Crippen LogP contribution in [0.5, 0.6) is 0 Å². The number of thiophene rings is 1. The van der Waals surface area contributed by atoms with Gasteiger partial charge in [0.25, 0.3) is 0 Å². The number of hydrogen-bond acceptors (Lipinski definition) is 9. The molecule has 0 aliphatic carbocycles. The van der Waals surface area contributed by atoms with Crippen LogP contribution in [0.4, 0.5) is 5.00 Å². The van der Waals surface area contributed by atoms with Gasteiger partial charge < -0.3 is 20.3 Å². The Kier molecular flexibility index (Phi) is 6.80. The number of hydrogen-bond donors (Lipinski definition) is 2. The van der Waals surface area contributed by atoms with Crippen LogP contribution in [0.15, 0.2) is 57.6 Å². The number of ether oxygens (including phenoxy) is 1. The molecule has 0 atom stereocenters. The average molecular weight is 484 g/mol. The molecule has 1 amide bonds. The predicted molar refractivity (Wildman–Crippen MR) is 128 cm³/mol. The van der Waals surface area contributed by atoms with Crippen molar-refractivity contribution < 1.29 is 18.7 Å². The summed E-state index contributed by atoms with van der Waals surface area (Å²) in [5.41, 5.74) is 2.78. The molecule has 4 aromatic rings. The first-order chi connectivity index (χ1) is 16.0. The third-order valence-corrected chi connectivity index (χ3v) is 6.46. The number of aryl methyl sites for hydroxylation is 1. The Hall–Kier alpha value is -3.57. The molecule has 0 spiro atoms.